The van der Waals surface area contributed by atoms with Crippen LogP contribution in [0.5, 0.6) is 0 Å². The SMILES string of the molecule is CC(=O)C1CN=C2C=CC(=O)N21. The van der Waals surface area contributed by atoms with Crippen LogP contribution >= 0.6 is 0 Å². The Morgan fingerprint density at radius 3 is 3.08 bits per heavy atom. The fourth-order valence-electron chi connectivity index (χ4n) is 1.43. The van der Waals surface area contributed by atoms with Gasteiger partial charge in [0.2, 0.25) is 0 Å². The van der Waals surface area contributed by atoms with E-state index in [1.165, 1.54) is 17.9 Å². The molecule has 0 N–H and O–H groups in total. The zero-order chi connectivity index (χ0) is 8.72. The zero-order valence-electron chi connectivity index (χ0n) is 6.65. The van der Waals surface area contributed by atoms with E-state index < -0.39 is 0 Å². The van der Waals surface area contributed by atoms with Gasteiger partial charge in [-0.05, 0) is 13.0 Å². The van der Waals surface area contributed by atoms with E-state index in [0.29, 0.717) is 12.4 Å². The van der Waals surface area contributed by atoms with Crippen molar-refractivity contribution in [1.82, 2.24) is 4.90 Å². The molecule has 1 amide bonds. The smallest absolute Gasteiger partial charge is 0.253 e. The summed E-state index contributed by atoms with van der Waals surface area (Å²) in [5.74, 6) is 0.484. The average molecular weight is 164 g/mol. The molecule has 12 heavy (non-hydrogen) atoms. The number of carbonyl (C=O) groups is 2. The van der Waals surface area contributed by atoms with Crippen LogP contribution in [0.25, 0.3) is 0 Å². The van der Waals surface area contributed by atoms with Crippen LogP contribution in [0.15, 0.2) is 17.1 Å². The Morgan fingerprint density at radius 2 is 2.42 bits per heavy atom. The molecule has 2 heterocycles. The number of rotatable bonds is 1. The second-order valence-electron chi connectivity index (χ2n) is 2.87. The summed E-state index contributed by atoms with van der Waals surface area (Å²) in [7, 11) is 0. The average Bonchev–Trinajstić information content (AvgIpc) is 2.53. The molecule has 0 fully saturated rings. The first kappa shape index (κ1) is 7.21. The van der Waals surface area contributed by atoms with E-state index in [2.05, 4.69) is 4.99 Å². The monoisotopic (exact) mass is 164 g/mol. The summed E-state index contributed by atoms with van der Waals surface area (Å²) in [4.78, 5) is 27.7. The van der Waals surface area contributed by atoms with Crippen LogP contribution in [0.3, 0.4) is 0 Å². The third-order valence-electron chi connectivity index (χ3n) is 2.07. The molecule has 0 radical (unpaired) electrons. The molecule has 0 aromatic rings. The lowest BCUT2D eigenvalue weighted by Gasteiger charge is -2.17. The van der Waals surface area contributed by atoms with Crippen molar-refractivity contribution < 1.29 is 9.59 Å². The second kappa shape index (κ2) is 2.27. The number of aliphatic imine (C=N–C) groups is 1. The fraction of sp³-hybridized carbons (Fsp3) is 0.375. The van der Waals surface area contributed by atoms with Crippen LogP contribution in [0.2, 0.25) is 0 Å². The first-order chi connectivity index (χ1) is 5.70. The first-order valence-corrected chi connectivity index (χ1v) is 3.76. The molecule has 62 valence electrons. The third kappa shape index (κ3) is 0.809. The number of ketones is 1. The van der Waals surface area contributed by atoms with Crippen LogP contribution in [0, 0.1) is 0 Å². The van der Waals surface area contributed by atoms with Gasteiger partial charge in [0.15, 0.2) is 5.78 Å². The molecule has 0 aromatic heterocycles. The number of amides is 1. The molecule has 2 aliphatic heterocycles. The number of amidine groups is 1. The molecule has 2 rings (SSSR count). The van der Waals surface area contributed by atoms with Gasteiger partial charge in [-0.1, -0.05) is 0 Å². The number of Topliss-reactive ketones (excluding diaryl/α,β-unsaturated/α-hetero) is 1. The standard InChI is InChI=1S/C8H8N2O2/c1-5(11)6-4-9-7-2-3-8(12)10(6)7/h2-3,6H,4H2,1H3. The molecular formula is C8H8N2O2. The van der Waals surface area contributed by atoms with E-state index in [4.69, 9.17) is 0 Å². The first-order valence-electron chi connectivity index (χ1n) is 3.76. The normalized spacial score (nSPS) is 26.1. The largest absolute Gasteiger partial charge is 0.298 e. The van der Waals surface area contributed by atoms with Crippen molar-refractivity contribution in [3.05, 3.63) is 12.2 Å². The summed E-state index contributed by atoms with van der Waals surface area (Å²) >= 11 is 0. The number of hydrogen-bond acceptors (Lipinski definition) is 3. The molecule has 4 heteroatoms. The van der Waals surface area contributed by atoms with E-state index in [9.17, 15) is 9.59 Å². The Hall–Kier alpha value is -1.45. The van der Waals surface area contributed by atoms with Gasteiger partial charge >= 0.3 is 0 Å². The molecule has 0 spiro atoms. The summed E-state index contributed by atoms with van der Waals surface area (Å²) < 4.78 is 0. The van der Waals surface area contributed by atoms with E-state index in [1.807, 2.05) is 0 Å². The molecule has 2 aliphatic rings. The van der Waals surface area contributed by atoms with E-state index >= 15 is 0 Å². The van der Waals surface area contributed by atoms with Crippen molar-refractivity contribution in [3.63, 3.8) is 0 Å². The highest BCUT2D eigenvalue weighted by molar-refractivity contribution is 6.18. The van der Waals surface area contributed by atoms with Crippen molar-refractivity contribution in [1.29, 1.82) is 0 Å². The van der Waals surface area contributed by atoms with Crippen LogP contribution in [0.4, 0.5) is 0 Å². The molecule has 1 atom stereocenters. The lowest BCUT2D eigenvalue weighted by atomic mass is 10.2. The van der Waals surface area contributed by atoms with Gasteiger partial charge < -0.3 is 0 Å². The van der Waals surface area contributed by atoms with Gasteiger partial charge in [0.1, 0.15) is 11.9 Å². The highest BCUT2D eigenvalue weighted by Gasteiger charge is 2.36. The van der Waals surface area contributed by atoms with Gasteiger partial charge in [-0.2, -0.15) is 0 Å². The molecule has 1 unspecified atom stereocenters. The van der Waals surface area contributed by atoms with Crippen molar-refractivity contribution in [3.8, 4) is 0 Å². The fourth-order valence-corrected chi connectivity index (χ4v) is 1.43. The van der Waals surface area contributed by atoms with E-state index in [-0.39, 0.29) is 17.7 Å². The van der Waals surface area contributed by atoms with Crippen molar-refractivity contribution in [2.45, 2.75) is 13.0 Å². The third-order valence-corrected chi connectivity index (χ3v) is 2.07. The maximum absolute atomic E-state index is 11.2. The molecule has 0 bridgehead atoms. The summed E-state index contributed by atoms with van der Waals surface area (Å²) in [5, 5.41) is 0. The Balaban J connectivity index is 2.30. The summed E-state index contributed by atoms with van der Waals surface area (Å²) in [6, 6.07) is -0.359. The predicted octanol–water partition coefficient (Wildman–Crippen LogP) is -0.246. The minimum Gasteiger partial charge on any atom is -0.298 e. The zero-order valence-corrected chi connectivity index (χ0v) is 6.65. The maximum atomic E-state index is 11.2. The number of carbonyl (C=O) groups excluding carboxylic acids is 2. The maximum Gasteiger partial charge on any atom is 0.253 e. The quantitative estimate of drug-likeness (QED) is 0.536. The van der Waals surface area contributed by atoms with Gasteiger partial charge in [0, 0.05) is 6.08 Å². The number of fused-ring (bicyclic) bond motifs is 1. The lowest BCUT2D eigenvalue weighted by Crippen LogP contribution is -2.41. The van der Waals surface area contributed by atoms with Gasteiger partial charge in [0.25, 0.3) is 5.91 Å². The minimum atomic E-state index is -0.359. The van der Waals surface area contributed by atoms with E-state index in [0.717, 1.165) is 0 Å². The second-order valence-corrected chi connectivity index (χ2v) is 2.87. The molecule has 0 aromatic carbocycles. The lowest BCUT2D eigenvalue weighted by molar-refractivity contribution is -0.129. The van der Waals surface area contributed by atoms with Crippen LogP contribution in [-0.2, 0) is 9.59 Å². The van der Waals surface area contributed by atoms with Gasteiger partial charge in [-0.25, -0.2) is 0 Å². The van der Waals surface area contributed by atoms with Crippen LogP contribution in [-0.4, -0.2) is 35.0 Å². The van der Waals surface area contributed by atoms with Crippen LogP contribution in [0.1, 0.15) is 6.92 Å². The van der Waals surface area contributed by atoms with Crippen LogP contribution < -0.4 is 0 Å². The number of hydrogen-bond donors (Lipinski definition) is 0. The highest BCUT2D eigenvalue weighted by atomic mass is 16.2. The van der Waals surface area contributed by atoms with Gasteiger partial charge in [0.05, 0.1) is 6.54 Å². The van der Waals surface area contributed by atoms with Gasteiger partial charge in [-0.15, -0.1) is 0 Å². The summed E-state index contributed by atoms with van der Waals surface area (Å²) in [5.41, 5.74) is 0. The minimum absolute atomic E-state index is 0.00852. The molecular weight excluding hydrogens is 156 g/mol. The van der Waals surface area contributed by atoms with Crippen molar-refractivity contribution in [2.24, 2.45) is 4.99 Å². The Labute approximate surface area is 69.6 Å². The molecule has 4 nitrogen and oxygen atoms in total. The van der Waals surface area contributed by atoms with Crippen molar-refractivity contribution >= 4 is 17.5 Å². The molecule has 0 saturated carbocycles. The topological polar surface area (TPSA) is 49.7 Å². The summed E-state index contributed by atoms with van der Waals surface area (Å²) in [6.07, 6.45) is 3.08. The Kier molecular flexibility index (Phi) is 1.36. The summed E-state index contributed by atoms with van der Waals surface area (Å²) in [6.45, 7) is 1.90. The van der Waals surface area contributed by atoms with E-state index in [1.54, 1.807) is 6.08 Å². The number of nitrogens with zero attached hydrogens (tertiary/aromatic N) is 2. The Morgan fingerprint density at radius 1 is 1.67 bits per heavy atom. The predicted molar refractivity (Wildman–Crippen MR) is 42.8 cm³/mol. The van der Waals surface area contributed by atoms with Crippen molar-refractivity contribution in [2.75, 3.05) is 6.54 Å². The Bertz CT molecular complexity index is 317. The van der Waals surface area contributed by atoms with Gasteiger partial charge in [-0.3, -0.25) is 19.5 Å². The molecule has 0 aliphatic carbocycles. The molecule has 0 saturated heterocycles. The highest BCUT2D eigenvalue weighted by Crippen LogP contribution is 2.17.